The first-order valence-electron chi connectivity index (χ1n) is 2.60. The Labute approximate surface area is 56.9 Å². The molecule has 0 fully saturated rings. The molecule has 0 spiro atoms. The fourth-order valence-electron chi connectivity index (χ4n) is 0.294. The van der Waals surface area contributed by atoms with Crippen molar-refractivity contribution >= 4 is 9.52 Å². The van der Waals surface area contributed by atoms with E-state index in [1.54, 1.807) is 0 Å². The normalized spacial score (nSPS) is 12.5. The third-order valence-corrected chi connectivity index (χ3v) is 5.24. The Morgan fingerprint density at radius 1 is 1.88 bits per heavy atom. The van der Waals surface area contributed by atoms with Crippen molar-refractivity contribution in [3.8, 4) is 0 Å². The number of allylic oxidation sites excluding steroid dienone is 1. The third kappa shape index (κ3) is 3.29. The van der Waals surface area contributed by atoms with Crippen molar-refractivity contribution in [2.45, 2.75) is 18.4 Å². The van der Waals surface area contributed by atoms with Gasteiger partial charge in [-0.05, 0) is 0 Å². The van der Waals surface area contributed by atoms with Gasteiger partial charge in [0.1, 0.15) is 0 Å². The molecule has 51 valence electrons. The zero-order valence-electron chi connectivity index (χ0n) is 5.36. The van der Waals surface area contributed by atoms with E-state index in [4.69, 9.17) is 0 Å². The van der Waals surface area contributed by atoms with Crippen molar-refractivity contribution < 1.29 is 17.5 Å². The fraction of sp³-hybridized carbons (Fsp3) is 0.600. The summed E-state index contributed by atoms with van der Waals surface area (Å²) in [5.74, 6) is 0. The molecule has 0 heterocycles. The first-order valence-corrected chi connectivity index (χ1v) is 6.69. The molecule has 0 aromatic rings. The van der Waals surface area contributed by atoms with Crippen molar-refractivity contribution in [3.05, 3.63) is 11.1 Å². The molecule has 0 aromatic heterocycles. The van der Waals surface area contributed by atoms with E-state index in [2.05, 4.69) is 13.1 Å². The Morgan fingerprint density at radius 3 is 2.50 bits per heavy atom. The maximum absolute atomic E-state index is 10.8. The average Bonchev–Trinajstić information content (AvgIpc) is 1.67. The first kappa shape index (κ1) is 8.26. The topological polar surface area (TPSA) is 17.1 Å². The second-order valence-electron chi connectivity index (χ2n) is 1.59. The molecule has 0 saturated carbocycles. The van der Waals surface area contributed by atoms with Crippen molar-refractivity contribution in [1.29, 1.82) is 0 Å². The molecule has 0 aromatic carbocycles. The van der Waals surface area contributed by atoms with Gasteiger partial charge in [0.05, 0.1) is 0 Å². The summed E-state index contributed by atoms with van der Waals surface area (Å²) in [5.41, 5.74) is 0. The van der Waals surface area contributed by atoms with E-state index >= 15 is 0 Å². The number of hydrogen-bond donors (Lipinski definition) is 0. The van der Waals surface area contributed by atoms with Crippen LogP contribution in [0, 0.1) is 0 Å². The predicted molar refractivity (Wildman–Crippen MR) is 34.7 cm³/mol. The van der Waals surface area contributed by atoms with Crippen LogP contribution in [0.25, 0.3) is 0 Å². The monoisotopic (exact) mass is 175 g/mol. The van der Waals surface area contributed by atoms with Crippen LogP contribution in [0.15, 0.2) is 11.1 Å². The molecule has 0 aliphatic heterocycles. The SMILES string of the molecule is C=[C](C)[Co](=[O])[CH2][SiH2]C. The van der Waals surface area contributed by atoms with Crippen LogP contribution in [0.2, 0.25) is 11.5 Å². The van der Waals surface area contributed by atoms with Gasteiger partial charge in [-0.25, -0.2) is 0 Å². The number of hydrogen-bond acceptors (Lipinski definition) is 1. The van der Waals surface area contributed by atoms with Crippen LogP contribution in [0.5, 0.6) is 0 Å². The molecule has 0 N–H and O–H groups in total. The summed E-state index contributed by atoms with van der Waals surface area (Å²) in [6.07, 6.45) is 0. The van der Waals surface area contributed by atoms with Gasteiger partial charge in [-0.1, -0.05) is 0 Å². The molecule has 1 nitrogen and oxygen atoms in total. The van der Waals surface area contributed by atoms with Crippen molar-refractivity contribution in [2.75, 3.05) is 0 Å². The van der Waals surface area contributed by atoms with Crippen LogP contribution in [-0.2, 0) is 17.5 Å². The van der Waals surface area contributed by atoms with Gasteiger partial charge in [-0.15, -0.1) is 0 Å². The van der Waals surface area contributed by atoms with E-state index in [1.807, 2.05) is 6.92 Å². The Morgan fingerprint density at radius 2 is 2.38 bits per heavy atom. The second kappa shape index (κ2) is 4.17. The third-order valence-electron chi connectivity index (χ3n) is 0.635. The standard InChI is InChI=1S/C3H5.C2H7Si.Co.O/c2*1-3-2;;/h1H2,2H3;1,3H2,2H3;;. The molecule has 0 amide bonds. The molecular weight excluding hydrogens is 163 g/mol. The van der Waals surface area contributed by atoms with Gasteiger partial charge in [0.15, 0.2) is 0 Å². The van der Waals surface area contributed by atoms with Crippen LogP contribution in [0.4, 0.5) is 0 Å². The minimum atomic E-state index is -1.00. The molecule has 8 heavy (non-hydrogen) atoms. The molecule has 3 heteroatoms. The molecule has 0 saturated heterocycles. The predicted octanol–water partition coefficient (Wildman–Crippen LogP) is 1.08. The van der Waals surface area contributed by atoms with Gasteiger partial charge in [-0.2, -0.15) is 0 Å². The van der Waals surface area contributed by atoms with E-state index in [-0.39, 0.29) is 9.52 Å². The van der Waals surface area contributed by atoms with Crippen molar-refractivity contribution in [3.63, 3.8) is 0 Å². The zero-order chi connectivity index (χ0) is 6.57. The van der Waals surface area contributed by atoms with E-state index in [0.29, 0.717) is 0 Å². The summed E-state index contributed by atoms with van der Waals surface area (Å²) in [4.78, 5) is 0.933. The van der Waals surface area contributed by atoms with Crippen LogP contribution >= 0.6 is 0 Å². The van der Waals surface area contributed by atoms with Gasteiger partial charge in [0, 0.05) is 0 Å². The molecule has 0 bridgehead atoms. The van der Waals surface area contributed by atoms with E-state index in [0.717, 1.165) is 9.49 Å². The molecule has 0 aliphatic rings. The molecule has 0 radical (unpaired) electrons. The van der Waals surface area contributed by atoms with Gasteiger partial charge in [0.25, 0.3) is 0 Å². The van der Waals surface area contributed by atoms with Crippen LogP contribution in [-0.4, -0.2) is 9.52 Å². The Bertz CT molecular complexity index is 111. The van der Waals surface area contributed by atoms with E-state index in [9.17, 15) is 3.87 Å². The van der Waals surface area contributed by atoms with E-state index in [1.165, 1.54) is 0 Å². The molecule has 0 aliphatic carbocycles. The first-order chi connectivity index (χ1) is 3.68. The summed E-state index contributed by atoms with van der Waals surface area (Å²) < 4.78 is 11.7. The fourth-order valence-corrected chi connectivity index (χ4v) is 3.63. The van der Waals surface area contributed by atoms with Crippen LogP contribution in [0.1, 0.15) is 6.92 Å². The van der Waals surface area contributed by atoms with Crippen LogP contribution in [0.3, 0.4) is 0 Å². The van der Waals surface area contributed by atoms with Crippen molar-refractivity contribution in [2.24, 2.45) is 0 Å². The van der Waals surface area contributed by atoms with Gasteiger partial charge in [0.2, 0.25) is 0 Å². The molecule has 0 rings (SSSR count). The Balaban J connectivity index is 3.49. The summed E-state index contributed by atoms with van der Waals surface area (Å²) in [5, 5.41) is 0. The molecule has 0 unspecified atom stereocenters. The number of rotatable bonds is 3. The Hall–Kier alpha value is 0.263. The molecule has 0 atom stereocenters. The van der Waals surface area contributed by atoms with Gasteiger partial charge >= 0.3 is 56.5 Å². The minimum absolute atomic E-state index is 0.0218. The van der Waals surface area contributed by atoms with E-state index < -0.39 is 13.6 Å². The average molecular weight is 175 g/mol. The molecular formula is C5H12CoOSi. The summed E-state index contributed by atoms with van der Waals surface area (Å²) in [6, 6.07) is 0. The summed E-state index contributed by atoms with van der Waals surface area (Å²) >= 11 is -1.00. The second-order valence-corrected chi connectivity index (χ2v) is 6.25. The maximum atomic E-state index is 10.8. The zero-order valence-corrected chi connectivity index (χ0v) is 7.82. The van der Waals surface area contributed by atoms with Gasteiger partial charge < -0.3 is 0 Å². The summed E-state index contributed by atoms with van der Waals surface area (Å²) in [6.45, 7) is 7.61. The van der Waals surface area contributed by atoms with Gasteiger partial charge in [-0.3, -0.25) is 0 Å². The van der Waals surface area contributed by atoms with Crippen LogP contribution < -0.4 is 0 Å². The van der Waals surface area contributed by atoms with Crippen molar-refractivity contribution in [1.82, 2.24) is 0 Å². The quantitative estimate of drug-likeness (QED) is 0.586. The Kier molecular flexibility index (Phi) is 4.31. The summed E-state index contributed by atoms with van der Waals surface area (Å²) in [7, 11) is -0.0218.